The van der Waals surface area contributed by atoms with Gasteiger partial charge in [0.15, 0.2) is 5.65 Å². The van der Waals surface area contributed by atoms with Crippen molar-refractivity contribution in [2.24, 2.45) is 15.9 Å². The Morgan fingerprint density at radius 1 is 1.38 bits per heavy atom. The number of nitrogens with one attached hydrogen (secondary N) is 1. The van der Waals surface area contributed by atoms with Gasteiger partial charge in [0.05, 0.1) is 18.5 Å². The van der Waals surface area contributed by atoms with Crippen LogP contribution in [0.5, 0.6) is 5.88 Å². The van der Waals surface area contributed by atoms with Gasteiger partial charge in [-0.3, -0.25) is 4.79 Å². The Morgan fingerprint density at radius 3 is 2.91 bits per heavy atom. The molecule has 2 aromatic rings. The highest BCUT2D eigenvalue weighted by Gasteiger charge is 2.27. The maximum absolute atomic E-state index is 15.1. The van der Waals surface area contributed by atoms with Gasteiger partial charge in [-0.1, -0.05) is 12.2 Å². The summed E-state index contributed by atoms with van der Waals surface area (Å²) in [7, 11) is 1.53. The molecular weight excluding hydrogens is 439 g/mol. The summed E-state index contributed by atoms with van der Waals surface area (Å²) in [6, 6.07) is 3.52. The van der Waals surface area contributed by atoms with Crippen molar-refractivity contribution < 1.29 is 19.0 Å². The lowest BCUT2D eigenvalue weighted by atomic mass is 9.92. The van der Waals surface area contributed by atoms with Crippen molar-refractivity contribution in [1.29, 1.82) is 0 Å². The van der Waals surface area contributed by atoms with Crippen molar-refractivity contribution >= 4 is 35.4 Å². The van der Waals surface area contributed by atoms with Crippen LogP contribution in [0.2, 0.25) is 0 Å². The number of alkyl halides is 1. The van der Waals surface area contributed by atoms with E-state index in [9.17, 15) is 9.90 Å². The molecule has 2 aliphatic rings. The molecule has 10 heteroatoms. The van der Waals surface area contributed by atoms with E-state index >= 15 is 4.39 Å². The number of imidazole rings is 1. The predicted octanol–water partition coefficient (Wildman–Crippen LogP) is 3.78. The zero-order valence-electron chi connectivity index (χ0n) is 19.2. The highest BCUT2D eigenvalue weighted by molar-refractivity contribution is 5.85. The van der Waals surface area contributed by atoms with Gasteiger partial charge >= 0.3 is 5.97 Å². The second-order valence-corrected chi connectivity index (χ2v) is 8.32. The summed E-state index contributed by atoms with van der Waals surface area (Å²) in [5, 5.41) is 9.30. The molecule has 9 nitrogen and oxygen atoms in total. The van der Waals surface area contributed by atoms with E-state index in [4.69, 9.17) is 4.74 Å². The van der Waals surface area contributed by atoms with Crippen LogP contribution < -0.4 is 4.74 Å². The van der Waals surface area contributed by atoms with Crippen LogP contribution >= 0.6 is 0 Å². The summed E-state index contributed by atoms with van der Waals surface area (Å²) in [5.74, 6) is -0.00497. The first-order valence-electron chi connectivity index (χ1n) is 11.0. The maximum Gasteiger partial charge on any atom is 0.308 e. The van der Waals surface area contributed by atoms with Crippen molar-refractivity contribution in [2.45, 2.75) is 32.4 Å². The van der Waals surface area contributed by atoms with Crippen LogP contribution in [0.4, 0.5) is 4.39 Å². The van der Waals surface area contributed by atoms with Crippen LogP contribution in [0.15, 0.2) is 51.6 Å². The van der Waals surface area contributed by atoms with E-state index in [-0.39, 0.29) is 6.42 Å². The Morgan fingerprint density at radius 2 is 2.21 bits per heavy atom. The van der Waals surface area contributed by atoms with Crippen molar-refractivity contribution in [3.8, 4) is 5.88 Å². The number of halogens is 1. The van der Waals surface area contributed by atoms with Gasteiger partial charge in [-0.15, -0.1) is 0 Å². The number of allylic oxidation sites excluding steroid dienone is 5. The van der Waals surface area contributed by atoms with Gasteiger partial charge in [-0.25, -0.2) is 19.4 Å². The van der Waals surface area contributed by atoms with Crippen LogP contribution in [0, 0.1) is 5.92 Å². The Hall–Kier alpha value is -3.82. The van der Waals surface area contributed by atoms with Gasteiger partial charge < -0.3 is 19.7 Å². The largest absolute Gasteiger partial charge is 0.481 e. The molecule has 0 aromatic carbocycles. The molecule has 2 N–H and O–H groups in total. The molecule has 1 aliphatic heterocycles. The Bertz CT molecular complexity index is 1230. The number of carboxylic acid groups (broad SMARTS) is 1. The lowest BCUT2D eigenvalue weighted by Crippen LogP contribution is -2.41. The molecule has 0 spiro atoms. The molecule has 34 heavy (non-hydrogen) atoms. The number of piperidine rings is 1. The summed E-state index contributed by atoms with van der Waals surface area (Å²) in [5.41, 5.74) is 3.23. The number of nitrogens with zero attached hydrogens (tertiary/aromatic N) is 5. The van der Waals surface area contributed by atoms with Crippen LogP contribution in [0.3, 0.4) is 0 Å². The number of likely N-dealkylation sites (tertiary alicyclic amines) is 1. The fourth-order valence-corrected chi connectivity index (χ4v) is 4.13. The summed E-state index contributed by atoms with van der Waals surface area (Å²) in [6.07, 6.45) is 5.53. The number of hydrogen-bond acceptors (Lipinski definition) is 5. The molecule has 1 fully saturated rings. The number of carboxylic acids is 1. The maximum atomic E-state index is 15.1. The fourth-order valence-electron chi connectivity index (χ4n) is 4.13. The van der Waals surface area contributed by atoms with Crippen molar-refractivity contribution in [2.75, 3.05) is 20.2 Å². The highest BCUT2D eigenvalue weighted by atomic mass is 19.1. The van der Waals surface area contributed by atoms with E-state index in [1.807, 2.05) is 17.9 Å². The number of aromatic amines is 1. The summed E-state index contributed by atoms with van der Waals surface area (Å²) < 4.78 is 20.2. The van der Waals surface area contributed by atoms with Gasteiger partial charge in [0, 0.05) is 37.3 Å². The normalized spacial score (nSPS) is 21.8. The van der Waals surface area contributed by atoms with Crippen molar-refractivity contribution in [3.05, 3.63) is 47.5 Å². The molecular formula is C24H27FN6O3. The third-order valence-electron chi connectivity index (χ3n) is 6.08. The predicted molar refractivity (Wildman–Crippen MR) is 129 cm³/mol. The molecule has 2 aromatic heterocycles. The number of ether oxygens (including phenoxy) is 1. The quantitative estimate of drug-likeness (QED) is 0.512. The number of H-pyrrole nitrogens is 1. The Balaban J connectivity index is 1.53. The molecule has 2 atom stereocenters. The average molecular weight is 467 g/mol. The van der Waals surface area contributed by atoms with Gasteiger partial charge in [0.25, 0.3) is 0 Å². The minimum Gasteiger partial charge on any atom is -0.481 e. The fraction of sp³-hybridized carbons (Fsp3) is 0.375. The molecule has 0 saturated carbocycles. The molecule has 3 heterocycles. The number of hydrogen-bond donors (Lipinski definition) is 2. The lowest BCUT2D eigenvalue weighted by Gasteiger charge is -2.31. The zero-order valence-corrected chi connectivity index (χ0v) is 19.2. The highest BCUT2D eigenvalue weighted by Crippen LogP contribution is 2.32. The number of aliphatic carboxylic acids is 1. The lowest BCUT2D eigenvalue weighted by molar-refractivity contribution is -0.143. The Labute approximate surface area is 196 Å². The average Bonchev–Trinajstić information content (AvgIpc) is 3.27. The minimum atomic E-state index is -1.25. The van der Waals surface area contributed by atoms with Gasteiger partial charge in [0.2, 0.25) is 11.8 Å². The first kappa shape index (κ1) is 23.3. The molecule has 178 valence electrons. The van der Waals surface area contributed by atoms with Gasteiger partial charge in [-0.2, -0.15) is 4.98 Å². The number of pyridine rings is 1. The van der Waals surface area contributed by atoms with Crippen LogP contribution in [0.1, 0.15) is 32.0 Å². The SMILES string of the molecule is C=NC(=N/C=C(\C)C1=CC=C(c2nc3nc(OC)ccc3[nH]2)C(F)C1)N1CCCC(C(=O)O)C1. The van der Waals surface area contributed by atoms with Crippen LogP contribution in [-0.4, -0.2) is 70.0 Å². The molecule has 2 unspecified atom stereocenters. The molecule has 1 saturated heterocycles. The summed E-state index contributed by atoms with van der Waals surface area (Å²) in [4.78, 5) is 33.4. The number of rotatable bonds is 5. The standard InChI is InChI=1S/C24H27FN6O3/c1-14(12-27-24(26-2)31-10-4-5-16(13-31)23(32)33)15-6-7-17(18(25)11-15)21-28-19-8-9-20(34-3)29-22(19)30-21/h6-9,12,16,18H,2,4-5,10-11,13H2,1,3H3,(H,32,33)(H,28,29,30)/b14-12+,27-24?. The number of aromatic nitrogens is 3. The number of fused-ring (bicyclic) bond motifs is 1. The first-order chi connectivity index (χ1) is 16.4. The van der Waals surface area contributed by atoms with Crippen molar-refractivity contribution in [1.82, 2.24) is 19.9 Å². The monoisotopic (exact) mass is 466 g/mol. The van der Waals surface area contributed by atoms with Crippen molar-refractivity contribution in [3.63, 3.8) is 0 Å². The second-order valence-electron chi connectivity index (χ2n) is 8.32. The summed E-state index contributed by atoms with van der Waals surface area (Å²) in [6.45, 7) is 6.45. The number of carbonyl (C=O) groups is 1. The molecule has 0 radical (unpaired) electrons. The number of aliphatic imine (C=N–C) groups is 2. The van der Waals surface area contributed by atoms with E-state index in [0.29, 0.717) is 53.9 Å². The van der Waals surface area contributed by atoms with E-state index in [1.165, 1.54) is 7.11 Å². The molecule has 0 amide bonds. The van der Waals surface area contributed by atoms with Gasteiger partial charge in [0.1, 0.15) is 12.0 Å². The third kappa shape index (κ3) is 4.90. The first-order valence-corrected chi connectivity index (χ1v) is 11.0. The number of guanidine groups is 1. The van der Waals surface area contributed by atoms with Crippen LogP contribution in [-0.2, 0) is 4.79 Å². The van der Waals surface area contributed by atoms with Crippen LogP contribution in [0.25, 0.3) is 16.7 Å². The molecule has 4 rings (SSSR count). The molecule has 0 bridgehead atoms. The number of methoxy groups -OCH3 is 1. The van der Waals surface area contributed by atoms with E-state index < -0.39 is 18.1 Å². The molecule has 1 aliphatic carbocycles. The topological polar surface area (TPSA) is 116 Å². The zero-order chi connectivity index (χ0) is 24.2. The van der Waals surface area contributed by atoms with E-state index in [2.05, 4.69) is 31.7 Å². The second kappa shape index (κ2) is 9.98. The van der Waals surface area contributed by atoms with E-state index in [1.54, 1.807) is 24.4 Å². The summed E-state index contributed by atoms with van der Waals surface area (Å²) >= 11 is 0. The smallest absolute Gasteiger partial charge is 0.308 e. The van der Waals surface area contributed by atoms with Gasteiger partial charge in [-0.05, 0) is 43.7 Å². The third-order valence-corrected chi connectivity index (χ3v) is 6.08. The minimum absolute atomic E-state index is 0.180. The Kier molecular flexibility index (Phi) is 6.85. The van der Waals surface area contributed by atoms with E-state index in [0.717, 1.165) is 17.6 Å².